The topological polar surface area (TPSA) is 109 Å². The number of amides is 3. The van der Waals surface area contributed by atoms with Crippen molar-refractivity contribution >= 4 is 11.9 Å². The van der Waals surface area contributed by atoms with E-state index in [1.807, 2.05) is 31.4 Å². The quantitative estimate of drug-likeness (QED) is 0.480. The maximum Gasteiger partial charge on any atom is 0.315 e. The molecule has 198 valence electrons. The standard InChI is InChI=1S/C28H30FN5O4/c1-33-13-19(11-31-33)17-4-6-21-22(9-17)25(35)10-23(21)32-28(37)30-12-27(36)34-14-18-8-20(29)5-7-26(18)38-15-24(34)16-2-3-16/h4-9,11,13,16,23-25,35H,2-3,10,12,14-15H2,1H3,(H2,30,32,37)/t23-,24-,25?/m0/s1. The number of hydrogen-bond donors (Lipinski definition) is 3. The van der Waals surface area contributed by atoms with Gasteiger partial charge in [-0.1, -0.05) is 12.1 Å². The van der Waals surface area contributed by atoms with E-state index in [2.05, 4.69) is 15.7 Å². The second kappa shape index (κ2) is 9.75. The second-order valence-corrected chi connectivity index (χ2v) is 10.4. The molecule has 1 saturated carbocycles. The number of benzene rings is 2. The van der Waals surface area contributed by atoms with Gasteiger partial charge in [-0.05, 0) is 59.7 Å². The number of urea groups is 1. The highest BCUT2D eigenvalue weighted by atomic mass is 19.1. The molecule has 1 unspecified atom stereocenters. The van der Waals surface area contributed by atoms with E-state index in [1.54, 1.807) is 21.8 Å². The van der Waals surface area contributed by atoms with Gasteiger partial charge in [-0.15, -0.1) is 0 Å². The number of carbonyl (C=O) groups excluding carboxylic acids is 2. The molecule has 3 aromatic rings. The van der Waals surface area contributed by atoms with Crippen molar-refractivity contribution in [3.05, 3.63) is 71.3 Å². The molecule has 1 aliphatic heterocycles. The summed E-state index contributed by atoms with van der Waals surface area (Å²) in [6.45, 7) is 0.388. The van der Waals surface area contributed by atoms with Crippen molar-refractivity contribution in [3.63, 3.8) is 0 Å². The third-order valence-corrected chi connectivity index (χ3v) is 7.68. The maximum atomic E-state index is 13.9. The number of ether oxygens (including phenoxy) is 1. The predicted molar refractivity (Wildman–Crippen MR) is 136 cm³/mol. The molecule has 1 aromatic heterocycles. The molecule has 0 bridgehead atoms. The average molecular weight is 520 g/mol. The first kappa shape index (κ1) is 24.4. The summed E-state index contributed by atoms with van der Waals surface area (Å²) in [5.74, 6) is 0.308. The second-order valence-electron chi connectivity index (χ2n) is 10.4. The van der Waals surface area contributed by atoms with E-state index in [1.165, 1.54) is 12.1 Å². The van der Waals surface area contributed by atoms with Crippen LogP contribution in [-0.2, 0) is 18.4 Å². The molecule has 2 aliphatic carbocycles. The molecule has 0 spiro atoms. The molecule has 2 heterocycles. The molecule has 0 radical (unpaired) electrons. The van der Waals surface area contributed by atoms with Crippen molar-refractivity contribution < 1.29 is 23.8 Å². The van der Waals surface area contributed by atoms with E-state index >= 15 is 0 Å². The molecule has 1 fully saturated rings. The van der Waals surface area contributed by atoms with Crippen LogP contribution in [0.15, 0.2) is 48.8 Å². The highest BCUT2D eigenvalue weighted by Gasteiger charge is 2.40. The van der Waals surface area contributed by atoms with Gasteiger partial charge in [-0.2, -0.15) is 5.10 Å². The molecule has 0 saturated heterocycles. The number of aromatic nitrogens is 2. The average Bonchev–Trinajstić information content (AvgIpc) is 3.61. The van der Waals surface area contributed by atoms with Crippen LogP contribution in [0.3, 0.4) is 0 Å². The Morgan fingerprint density at radius 1 is 1.16 bits per heavy atom. The smallest absolute Gasteiger partial charge is 0.315 e. The van der Waals surface area contributed by atoms with Gasteiger partial charge >= 0.3 is 6.03 Å². The summed E-state index contributed by atoms with van der Waals surface area (Å²) in [5, 5.41) is 20.4. The van der Waals surface area contributed by atoms with E-state index in [4.69, 9.17) is 4.74 Å². The fourth-order valence-electron chi connectivity index (χ4n) is 5.53. The van der Waals surface area contributed by atoms with Crippen molar-refractivity contribution in [2.45, 2.75) is 44.0 Å². The van der Waals surface area contributed by atoms with Crippen LogP contribution in [0.1, 0.15) is 48.1 Å². The van der Waals surface area contributed by atoms with Crippen molar-refractivity contribution in [1.29, 1.82) is 0 Å². The van der Waals surface area contributed by atoms with E-state index in [0.717, 1.165) is 35.1 Å². The van der Waals surface area contributed by atoms with Gasteiger partial charge in [0.05, 0.1) is 30.9 Å². The van der Waals surface area contributed by atoms with Crippen LogP contribution in [-0.4, -0.2) is 50.9 Å². The molecule has 9 nitrogen and oxygen atoms in total. The first-order valence-corrected chi connectivity index (χ1v) is 12.9. The number of rotatable bonds is 5. The van der Waals surface area contributed by atoms with E-state index in [0.29, 0.717) is 30.3 Å². The molecule has 2 aromatic carbocycles. The highest BCUT2D eigenvalue weighted by Crippen LogP contribution is 2.41. The summed E-state index contributed by atoms with van der Waals surface area (Å²) in [6.07, 6.45) is 5.35. The molecule has 3 amide bonds. The summed E-state index contributed by atoms with van der Waals surface area (Å²) < 4.78 is 21.5. The molecule has 3 atom stereocenters. The Labute approximate surface area is 219 Å². The predicted octanol–water partition coefficient (Wildman–Crippen LogP) is 3.20. The largest absolute Gasteiger partial charge is 0.491 e. The molecule has 6 rings (SSSR count). The lowest BCUT2D eigenvalue weighted by atomic mass is 10.0. The molecule has 38 heavy (non-hydrogen) atoms. The van der Waals surface area contributed by atoms with Crippen LogP contribution < -0.4 is 15.4 Å². The third kappa shape index (κ3) is 4.83. The Morgan fingerprint density at radius 3 is 2.76 bits per heavy atom. The van der Waals surface area contributed by atoms with Gasteiger partial charge in [-0.25, -0.2) is 9.18 Å². The maximum absolute atomic E-state index is 13.9. The van der Waals surface area contributed by atoms with Crippen LogP contribution in [0.25, 0.3) is 11.1 Å². The summed E-state index contributed by atoms with van der Waals surface area (Å²) in [6, 6.07) is 9.16. The number of fused-ring (bicyclic) bond motifs is 2. The van der Waals surface area contributed by atoms with Gasteiger partial charge in [0, 0.05) is 37.3 Å². The lowest BCUT2D eigenvalue weighted by Gasteiger charge is -2.29. The van der Waals surface area contributed by atoms with Crippen molar-refractivity contribution in [2.75, 3.05) is 13.2 Å². The molecular weight excluding hydrogens is 489 g/mol. The molecular formula is C28H30FN5O4. The fraction of sp³-hybridized carbons (Fsp3) is 0.393. The minimum Gasteiger partial charge on any atom is -0.491 e. The Morgan fingerprint density at radius 2 is 2.00 bits per heavy atom. The number of aliphatic hydroxyl groups is 1. The number of aryl methyl sites for hydroxylation is 1. The molecule has 3 N–H and O–H groups in total. The normalized spacial score (nSPS) is 22.2. The lowest BCUT2D eigenvalue weighted by Crippen LogP contribution is -2.49. The molecule has 3 aliphatic rings. The SMILES string of the molecule is Cn1cc(-c2ccc3c(c2)C(O)C[C@@H]3NC(=O)NCC(=O)N2Cc3cc(F)ccc3OC[C@H]2C2CC2)cn1. The Kier molecular flexibility index (Phi) is 6.27. The first-order chi connectivity index (χ1) is 18.4. The van der Waals surface area contributed by atoms with Gasteiger partial charge in [0.25, 0.3) is 0 Å². The van der Waals surface area contributed by atoms with E-state index in [9.17, 15) is 19.1 Å². The van der Waals surface area contributed by atoms with Crippen molar-refractivity contribution in [1.82, 2.24) is 25.3 Å². The van der Waals surface area contributed by atoms with Crippen LogP contribution in [0.4, 0.5) is 9.18 Å². The van der Waals surface area contributed by atoms with Crippen LogP contribution in [0, 0.1) is 11.7 Å². The van der Waals surface area contributed by atoms with E-state index in [-0.39, 0.29) is 36.9 Å². The zero-order valence-electron chi connectivity index (χ0n) is 21.1. The van der Waals surface area contributed by atoms with E-state index < -0.39 is 12.1 Å². The zero-order chi connectivity index (χ0) is 26.4. The number of nitrogens with zero attached hydrogens (tertiary/aromatic N) is 3. The first-order valence-electron chi connectivity index (χ1n) is 12.9. The summed E-state index contributed by atoms with van der Waals surface area (Å²) >= 11 is 0. The molecule has 10 heteroatoms. The highest BCUT2D eigenvalue weighted by molar-refractivity contribution is 5.84. The number of aliphatic hydroxyl groups excluding tert-OH is 1. The van der Waals surface area contributed by atoms with Gasteiger partial charge in [0.1, 0.15) is 18.2 Å². The fourth-order valence-corrected chi connectivity index (χ4v) is 5.53. The lowest BCUT2D eigenvalue weighted by molar-refractivity contribution is -0.134. The minimum atomic E-state index is -0.703. The van der Waals surface area contributed by atoms with Gasteiger partial charge in [-0.3, -0.25) is 9.48 Å². The Balaban J connectivity index is 1.10. The number of hydrogen-bond acceptors (Lipinski definition) is 5. The van der Waals surface area contributed by atoms with Crippen molar-refractivity contribution in [3.8, 4) is 16.9 Å². The minimum absolute atomic E-state index is 0.117. The monoisotopic (exact) mass is 519 g/mol. The summed E-state index contributed by atoms with van der Waals surface area (Å²) in [5.41, 5.74) is 4.14. The summed E-state index contributed by atoms with van der Waals surface area (Å²) in [7, 11) is 1.85. The van der Waals surface area contributed by atoms with Crippen molar-refractivity contribution in [2.24, 2.45) is 13.0 Å². The third-order valence-electron chi connectivity index (χ3n) is 7.68. The summed E-state index contributed by atoms with van der Waals surface area (Å²) in [4.78, 5) is 27.7. The number of nitrogens with one attached hydrogen (secondary N) is 2. The van der Waals surface area contributed by atoms with Gasteiger partial charge in [0.2, 0.25) is 5.91 Å². The van der Waals surface area contributed by atoms with Gasteiger partial charge < -0.3 is 25.4 Å². The Bertz CT molecular complexity index is 1390. The van der Waals surface area contributed by atoms with Crippen LogP contribution in [0.5, 0.6) is 5.75 Å². The Hall–Kier alpha value is -3.92. The van der Waals surface area contributed by atoms with Crippen LogP contribution >= 0.6 is 0 Å². The number of halogens is 1. The zero-order valence-corrected chi connectivity index (χ0v) is 21.1. The number of carbonyl (C=O) groups is 2. The van der Waals surface area contributed by atoms with Gasteiger partial charge in [0.15, 0.2) is 0 Å². The van der Waals surface area contributed by atoms with Crippen LogP contribution in [0.2, 0.25) is 0 Å².